The Bertz CT molecular complexity index is 854. The van der Waals surface area contributed by atoms with E-state index in [0.29, 0.717) is 28.6 Å². The second-order valence-electron chi connectivity index (χ2n) is 6.65. The molecule has 0 aliphatic carbocycles. The summed E-state index contributed by atoms with van der Waals surface area (Å²) in [6.07, 6.45) is 2.19. The third-order valence-corrected chi connectivity index (χ3v) is 5.17. The SMILES string of the molecule is O=C(CCNC(=O)c1ccc(Br)cc1)Nc1cc(Cl)ccc1OCC1CCCO1. The maximum Gasteiger partial charge on any atom is 0.251 e. The topological polar surface area (TPSA) is 76.7 Å². The summed E-state index contributed by atoms with van der Waals surface area (Å²) in [7, 11) is 0. The van der Waals surface area contributed by atoms with Gasteiger partial charge >= 0.3 is 0 Å². The zero-order valence-corrected chi connectivity index (χ0v) is 18.1. The average Bonchev–Trinajstić information content (AvgIpc) is 3.21. The maximum atomic E-state index is 12.3. The molecule has 2 aromatic rings. The number of rotatable bonds is 8. The molecule has 1 saturated heterocycles. The van der Waals surface area contributed by atoms with E-state index in [1.54, 1.807) is 42.5 Å². The Balaban J connectivity index is 1.49. The number of amides is 2. The lowest BCUT2D eigenvalue weighted by Gasteiger charge is -2.15. The lowest BCUT2D eigenvalue weighted by Crippen LogP contribution is -2.27. The normalized spacial score (nSPS) is 15.7. The third-order valence-electron chi connectivity index (χ3n) is 4.41. The fourth-order valence-electron chi connectivity index (χ4n) is 2.89. The van der Waals surface area contributed by atoms with Crippen LogP contribution in [0.2, 0.25) is 5.02 Å². The number of benzene rings is 2. The minimum atomic E-state index is -0.245. The van der Waals surface area contributed by atoms with Crippen molar-refractivity contribution in [1.82, 2.24) is 5.32 Å². The molecule has 1 fully saturated rings. The zero-order valence-electron chi connectivity index (χ0n) is 15.8. The van der Waals surface area contributed by atoms with Gasteiger partial charge in [-0.1, -0.05) is 27.5 Å². The second-order valence-corrected chi connectivity index (χ2v) is 8.00. The van der Waals surface area contributed by atoms with Gasteiger partial charge in [0.05, 0.1) is 11.8 Å². The Morgan fingerprint density at radius 2 is 2.00 bits per heavy atom. The Labute approximate surface area is 183 Å². The van der Waals surface area contributed by atoms with Crippen molar-refractivity contribution in [3.05, 3.63) is 57.5 Å². The van der Waals surface area contributed by atoms with Gasteiger partial charge in [0, 0.05) is 34.6 Å². The molecule has 1 heterocycles. The van der Waals surface area contributed by atoms with Gasteiger partial charge in [0.15, 0.2) is 0 Å². The summed E-state index contributed by atoms with van der Waals surface area (Å²) < 4.78 is 12.3. The monoisotopic (exact) mass is 480 g/mol. The third kappa shape index (κ3) is 6.73. The molecule has 1 atom stereocenters. The predicted molar refractivity (Wildman–Crippen MR) is 116 cm³/mol. The minimum Gasteiger partial charge on any atom is -0.489 e. The number of carbonyl (C=O) groups is 2. The smallest absolute Gasteiger partial charge is 0.251 e. The summed E-state index contributed by atoms with van der Waals surface area (Å²) in [5, 5.41) is 6.03. The lowest BCUT2D eigenvalue weighted by molar-refractivity contribution is -0.116. The van der Waals surface area contributed by atoms with Crippen LogP contribution in [-0.4, -0.2) is 37.7 Å². The lowest BCUT2D eigenvalue weighted by atomic mass is 10.2. The number of nitrogens with one attached hydrogen (secondary N) is 2. The van der Waals surface area contributed by atoms with Crippen molar-refractivity contribution in [3.8, 4) is 5.75 Å². The molecule has 2 aromatic carbocycles. The Hall–Kier alpha value is -2.09. The molecular weight excluding hydrogens is 460 g/mol. The van der Waals surface area contributed by atoms with E-state index < -0.39 is 0 Å². The largest absolute Gasteiger partial charge is 0.489 e. The van der Waals surface area contributed by atoms with Crippen LogP contribution in [0.5, 0.6) is 5.75 Å². The van der Waals surface area contributed by atoms with Crippen LogP contribution in [0.25, 0.3) is 0 Å². The molecule has 6 nitrogen and oxygen atoms in total. The van der Waals surface area contributed by atoms with Crippen LogP contribution >= 0.6 is 27.5 Å². The van der Waals surface area contributed by atoms with Crippen molar-refractivity contribution in [1.29, 1.82) is 0 Å². The van der Waals surface area contributed by atoms with Crippen LogP contribution in [0.3, 0.4) is 0 Å². The van der Waals surface area contributed by atoms with E-state index in [1.165, 1.54) is 0 Å². The number of halogens is 2. The maximum absolute atomic E-state index is 12.3. The highest BCUT2D eigenvalue weighted by atomic mass is 79.9. The highest BCUT2D eigenvalue weighted by molar-refractivity contribution is 9.10. The molecule has 1 unspecified atom stereocenters. The standard InChI is InChI=1S/C21H22BrClN2O4/c22-15-5-3-14(4-6-15)21(27)24-10-9-20(26)25-18-12-16(23)7-8-19(18)29-13-17-2-1-11-28-17/h3-8,12,17H,1-2,9-11,13H2,(H,24,27)(H,25,26). The summed E-state index contributed by atoms with van der Waals surface area (Å²) in [6, 6.07) is 12.1. The quantitative estimate of drug-likeness (QED) is 0.585. The first kappa shape index (κ1) is 21.6. The van der Waals surface area contributed by atoms with Crippen molar-refractivity contribution < 1.29 is 19.1 Å². The van der Waals surface area contributed by atoms with E-state index in [9.17, 15) is 9.59 Å². The molecule has 1 aliphatic rings. The Kier molecular flexibility index (Phi) is 7.91. The fraction of sp³-hybridized carbons (Fsp3) is 0.333. The molecule has 2 N–H and O–H groups in total. The molecule has 0 saturated carbocycles. The average molecular weight is 482 g/mol. The van der Waals surface area contributed by atoms with Crippen molar-refractivity contribution in [2.45, 2.75) is 25.4 Å². The van der Waals surface area contributed by atoms with Gasteiger partial charge in [0.1, 0.15) is 12.4 Å². The minimum absolute atomic E-state index is 0.0723. The molecular formula is C21H22BrClN2O4. The van der Waals surface area contributed by atoms with E-state index in [1.807, 2.05) is 0 Å². The van der Waals surface area contributed by atoms with Gasteiger partial charge in [-0.3, -0.25) is 9.59 Å². The summed E-state index contributed by atoms with van der Waals surface area (Å²) in [6.45, 7) is 1.39. The van der Waals surface area contributed by atoms with Crippen LogP contribution in [-0.2, 0) is 9.53 Å². The predicted octanol–water partition coefficient (Wildman–Crippen LogP) is 4.42. The van der Waals surface area contributed by atoms with Gasteiger partial charge in [0.2, 0.25) is 5.91 Å². The van der Waals surface area contributed by atoms with E-state index in [-0.39, 0.29) is 30.9 Å². The number of ether oxygens (including phenoxy) is 2. The summed E-state index contributed by atoms with van der Waals surface area (Å²) in [5.41, 5.74) is 1.04. The van der Waals surface area contributed by atoms with Crippen LogP contribution in [0.4, 0.5) is 5.69 Å². The first-order valence-corrected chi connectivity index (χ1v) is 10.6. The van der Waals surface area contributed by atoms with Gasteiger partial charge in [-0.05, 0) is 55.3 Å². The van der Waals surface area contributed by atoms with Crippen LogP contribution in [0, 0.1) is 0 Å². The Morgan fingerprint density at radius 1 is 1.21 bits per heavy atom. The summed E-state index contributed by atoms with van der Waals surface area (Å²) in [4.78, 5) is 24.4. The van der Waals surface area contributed by atoms with Crippen LogP contribution in [0.15, 0.2) is 46.9 Å². The van der Waals surface area contributed by atoms with Gasteiger partial charge in [-0.15, -0.1) is 0 Å². The molecule has 0 bridgehead atoms. The first-order chi connectivity index (χ1) is 14.0. The molecule has 1 aliphatic heterocycles. The van der Waals surface area contributed by atoms with Gasteiger partial charge < -0.3 is 20.1 Å². The summed E-state index contributed by atoms with van der Waals surface area (Å²) in [5.74, 6) is 0.0659. The first-order valence-electron chi connectivity index (χ1n) is 9.39. The number of carbonyl (C=O) groups excluding carboxylic acids is 2. The van der Waals surface area contributed by atoms with E-state index >= 15 is 0 Å². The van der Waals surface area contributed by atoms with Crippen molar-refractivity contribution in [2.75, 3.05) is 25.1 Å². The fourth-order valence-corrected chi connectivity index (χ4v) is 3.33. The molecule has 0 spiro atoms. The Morgan fingerprint density at radius 3 is 2.72 bits per heavy atom. The molecule has 2 amide bonds. The zero-order chi connectivity index (χ0) is 20.6. The van der Waals surface area contributed by atoms with Crippen LogP contribution in [0.1, 0.15) is 29.6 Å². The number of anilines is 1. The van der Waals surface area contributed by atoms with Gasteiger partial charge in [0.25, 0.3) is 5.91 Å². The highest BCUT2D eigenvalue weighted by Crippen LogP contribution is 2.29. The molecule has 29 heavy (non-hydrogen) atoms. The highest BCUT2D eigenvalue weighted by Gasteiger charge is 2.17. The van der Waals surface area contributed by atoms with Gasteiger partial charge in [-0.25, -0.2) is 0 Å². The van der Waals surface area contributed by atoms with E-state index in [2.05, 4.69) is 26.6 Å². The number of hydrogen-bond donors (Lipinski definition) is 2. The van der Waals surface area contributed by atoms with Crippen molar-refractivity contribution >= 4 is 45.0 Å². The molecule has 8 heteroatoms. The molecule has 0 aromatic heterocycles. The number of hydrogen-bond acceptors (Lipinski definition) is 4. The molecule has 3 rings (SSSR count). The molecule has 154 valence electrons. The van der Waals surface area contributed by atoms with Gasteiger partial charge in [-0.2, -0.15) is 0 Å². The van der Waals surface area contributed by atoms with Crippen LogP contribution < -0.4 is 15.4 Å². The van der Waals surface area contributed by atoms with E-state index in [0.717, 1.165) is 23.9 Å². The van der Waals surface area contributed by atoms with Crippen molar-refractivity contribution in [3.63, 3.8) is 0 Å². The second kappa shape index (κ2) is 10.6. The van der Waals surface area contributed by atoms with Crippen molar-refractivity contribution in [2.24, 2.45) is 0 Å². The van der Waals surface area contributed by atoms with E-state index in [4.69, 9.17) is 21.1 Å². The molecule has 0 radical (unpaired) electrons. The summed E-state index contributed by atoms with van der Waals surface area (Å²) >= 11 is 9.39.